The molecule has 0 N–H and O–H groups in total. The van der Waals surface area contributed by atoms with E-state index in [0.717, 1.165) is 0 Å². The van der Waals surface area contributed by atoms with E-state index in [1.807, 2.05) is 6.26 Å². The molecule has 0 bridgehead atoms. The van der Waals surface area contributed by atoms with E-state index in [0.29, 0.717) is 10.9 Å². The minimum atomic E-state index is -0.0173. The van der Waals surface area contributed by atoms with Crippen LogP contribution in [0, 0.1) is 11.3 Å². The molecule has 6 nitrogen and oxygen atoms in total. The van der Waals surface area contributed by atoms with Crippen LogP contribution in [0.5, 0.6) is 0 Å². The van der Waals surface area contributed by atoms with Gasteiger partial charge in [-0.2, -0.15) is 15.2 Å². The van der Waals surface area contributed by atoms with Crippen molar-refractivity contribution in [3.8, 4) is 6.07 Å². The monoisotopic (exact) mass is 193 g/mol. The standard InChI is InChI=1S/C6H3N5OS/c1-13-6-9-4-5(12-6)8-3(2-7)10-11-4/h1H3. The fourth-order valence-electron chi connectivity index (χ4n) is 0.771. The van der Waals surface area contributed by atoms with Crippen LogP contribution in [0.2, 0.25) is 0 Å². The zero-order chi connectivity index (χ0) is 9.26. The molecule has 13 heavy (non-hydrogen) atoms. The van der Waals surface area contributed by atoms with Crippen LogP contribution in [0.4, 0.5) is 0 Å². The molecule has 0 spiro atoms. The Labute approximate surface area is 77.0 Å². The Balaban J connectivity index is 2.65. The molecule has 2 rings (SSSR count). The summed E-state index contributed by atoms with van der Waals surface area (Å²) in [6.07, 6.45) is 1.82. The molecule has 0 atom stereocenters. The SMILES string of the molecule is CSc1nc2nnc(C#N)nc2o1. The van der Waals surface area contributed by atoms with E-state index in [2.05, 4.69) is 20.2 Å². The van der Waals surface area contributed by atoms with Crippen LogP contribution < -0.4 is 0 Å². The molecule has 0 amide bonds. The lowest BCUT2D eigenvalue weighted by atomic mass is 10.6. The van der Waals surface area contributed by atoms with Crippen molar-refractivity contribution in [2.45, 2.75) is 5.22 Å². The molecule has 2 aromatic heterocycles. The Morgan fingerprint density at radius 3 is 2.92 bits per heavy atom. The average Bonchev–Trinajstić information content (AvgIpc) is 2.58. The second-order valence-corrected chi connectivity index (χ2v) is 2.82. The maximum absolute atomic E-state index is 8.48. The summed E-state index contributed by atoms with van der Waals surface area (Å²) in [6.45, 7) is 0. The maximum Gasteiger partial charge on any atom is 0.271 e. The summed E-state index contributed by atoms with van der Waals surface area (Å²) in [5.41, 5.74) is 0.569. The van der Waals surface area contributed by atoms with Crippen molar-refractivity contribution >= 4 is 23.1 Å². The molecule has 0 saturated carbocycles. The van der Waals surface area contributed by atoms with Gasteiger partial charge in [-0.1, -0.05) is 11.8 Å². The summed E-state index contributed by atoms with van der Waals surface area (Å²) in [5, 5.41) is 16.1. The Kier molecular flexibility index (Phi) is 1.83. The number of nitriles is 1. The third kappa shape index (κ3) is 1.31. The van der Waals surface area contributed by atoms with Gasteiger partial charge in [-0.3, -0.25) is 0 Å². The first-order valence-electron chi connectivity index (χ1n) is 3.29. The number of thioether (sulfide) groups is 1. The molecule has 64 valence electrons. The van der Waals surface area contributed by atoms with Gasteiger partial charge in [0, 0.05) is 0 Å². The van der Waals surface area contributed by atoms with Gasteiger partial charge in [0.15, 0.2) is 0 Å². The van der Waals surface area contributed by atoms with Crippen LogP contribution in [0.25, 0.3) is 11.4 Å². The lowest BCUT2D eigenvalue weighted by Crippen LogP contribution is -1.91. The van der Waals surface area contributed by atoms with E-state index in [-0.39, 0.29) is 11.5 Å². The molecule has 0 aromatic carbocycles. The van der Waals surface area contributed by atoms with E-state index in [1.165, 1.54) is 11.8 Å². The maximum atomic E-state index is 8.48. The van der Waals surface area contributed by atoms with Crippen molar-refractivity contribution in [2.24, 2.45) is 0 Å². The number of nitrogens with zero attached hydrogens (tertiary/aromatic N) is 5. The molecule has 0 aliphatic carbocycles. The van der Waals surface area contributed by atoms with Gasteiger partial charge in [0.2, 0.25) is 5.65 Å². The average molecular weight is 193 g/mol. The van der Waals surface area contributed by atoms with Crippen molar-refractivity contribution < 1.29 is 4.42 Å². The molecule has 0 aliphatic rings. The highest BCUT2D eigenvalue weighted by atomic mass is 32.2. The Hall–Kier alpha value is -1.68. The molecule has 0 radical (unpaired) electrons. The number of hydrogen-bond acceptors (Lipinski definition) is 7. The number of oxazole rings is 1. The molecular weight excluding hydrogens is 190 g/mol. The van der Waals surface area contributed by atoms with Gasteiger partial charge >= 0.3 is 0 Å². The predicted octanol–water partition coefficient (Wildman–Crippen LogP) is 0.606. The van der Waals surface area contributed by atoms with Crippen LogP contribution in [0.3, 0.4) is 0 Å². The van der Waals surface area contributed by atoms with E-state index in [9.17, 15) is 0 Å². The highest BCUT2D eigenvalue weighted by Gasteiger charge is 2.08. The second kappa shape index (κ2) is 2.99. The van der Waals surface area contributed by atoms with Crippen LogP contribution in [0.15, 0.2) is 9.64 Å². The summed E-state index contributed by atoms with van der Waals surface area (Å²) < 4.78 is 5.15. The Bertz CT molecular complexity index is 487. The predicted molar refractivity (Wildman–Crippen MR) is 43.9 cm³/mol. The van der Waals surface area contributed by atoms with Gasteiger partial charge in [0.25, 0.3) is 16.8 Å². The van der Waals surface area contributed by atoms with Gasteiger partial charge in [0.1, 0.15) is 6.07 Å². The normalized spacial score (nSPS) is 10.2. The fourth-order valence-corrected chi connectivity index (χ4v) is 1.11. The van der Waals surface area contributed by atoms with E-state index >= 15 is 0 Å². The highest BCUT2D eigenvalue weighted by Crippen LogP contribution is 2.17. The number of aromatic nitrogens is 4. The largest absolute Gasteiger partial charge is 0.411 e. The number of fused-ring (bicyclic) bond motifs is 1. The summed E-state index contributed by atoms with van der Waals surface area (Å²) in [4.78, 5) is 7.74. The summed E-state index contributed by atoms with van der Waals surface area (Å²) in [7, 11) is 0. The molecule has 2 heterocycles. The van der Waals surface area contributed by atoms with Gasteiger partial charge in [0.05, 0.1) is 0 Å². The van der Waals surface area contributed by atoms with Gasteiger partial charge in [-0.05, 0) is 6.26 Å². The van der Waals surface area contributed by atoms with Crippen molar-refractivity contribution in [3.63, 3.8) is 0 Å². The molecule has 2 aromatic rings. The molecule has 0 fully saturated rings. The first-order chi connectivity index (χ1) is 6.33. The fraction of sp³-hybridized carbons (Fsp3) is 0.167. The number of hydrogen-bond donors (Lipinski definition) is 0. The van der Waals surface area contributed by atoms with Gasteiger partial charge < -0.3 is 4.42 Å². The van der Waals surface area contributed by atoms with E-state index < -0.39 is 0 Å². The van der Waals surface area contributed by atoms with Crippen molar-refractivity contribution in [1.29, 1.82) is 5.26 Å². The smallest absolute Gasteiger partial charge is 0.271 e. The van der Waals surface area contributed by atoms with Crippen molar-refractivity contribution in [1.82, 2.24) is 20.2 Å². The zero-order valence-electron chi connectivity index (χ0n) is 6.55. The first kappa shape index (κ1) is 7.94. The topological polar surface area (TPSA) is 88.5 Å². The van der Waals surface area contributed by atoms with Crippen molar-refractivity contribution in [2.75, 3.05) is 6.26 Å². The van der Waals surface area contributed by atoms with E-state index in [1.54, 1.807) is 6.07 Å². The summed E-state index contributed by atoms with van der Waals surface area (Å²) in [5.74, 6) is -0.0173. The Morgan fingerprint density at radius 1 is 1.38 bits per heavy atom. The minimum Gasteiger partial charge on any atom is -0.411 e. The third-order valence-electron chi connectivity index (χ3n) is 1.29. The molecule has 7 heteroatoms. The van der Waals surface area contributed by atoms with Crippen LogP contribution in [-0.2, 0) is 0 Å². The molecule has 0 unspecified atom stereocenters. The lowest BCUT2D eigenvalue weighted by Gasteiger charge is -1.82. The Morgan fingerprint density at radius 2 is 2.23 bits per heavy atom. The van der Waals surface area contributed by atoms with E-state index in [4.69, 9.17) is 9.68 Å². The van der Waals surface area contributed by atoms with Crippen LogP contribution >= 0.6 is 11.8 Å². The van der Waals surface area contributed by atoms with Gasteiger partial charge in [-0.25, -0.2) is 0 Å². The second-order valence-electron chi connectivity index (χ2n) is 2.06. The molecule has 0 aliphatic heterocycles. The highest BCUT2D eigenvalue weighted by molar-refractivity contribution is 7.98. The van der Waals surface area contributed by atoms with Crippen molar-refractivity contribution in [3.05, 3.63) is 5.82 Å². The van der Waals surface area contributed by atoms with Crippen LogP contribution in [0.1, 0.15) is 5.82 Å². The quantitative estimate of drug-likeness (QED) is 0.613. The third-order valence-corrected chi connectivity index (χ3v) is 1.82. The van der Waals surface area contributed by atoms with Gasteiger partial charge in [-0.15, -0.1) is 10.2 Å². The number of rotatable bonds is 1. The minimum absolute atomic E-state index is 0.0173. The zero-order valence-corrected chi connectivity index (χ0v) is 7.37. The lowest BCUT2D eigenvalue weighted by molar-refractivity contribution is 0.481. The van der Waals surface area contributed by atoms with Crippen LogP contribution in [-0.4, -0.2) is 26.4 Å². The summed E-state index contributed by atoms with van der Waals surface area (Å²) in [6, 6.07) is 1.77. The molecule has 0 saturated heterocycles. The molecular formula is C6H3N5OS. The first-order valence-corrected chi connectivity index (χ1v) is 4.51. The summed E-state index contributed by atoms with van der Waals surface area (Å²) >= 11 is 1.34.